The van der Waals surface area contributed by atoms with Gasteiger partial charge in [-0.05, 0) is 90.1 Å². The van der Waals surface area contributed by atoms with Gasteiger partial charge in [-0.25, -0.2) is 15.0 Å². The van der Waals surface area contributed by atoms with Crippen LogP contribution >= 0.6 is 0 Å². The number of hydrogen-bond acceptors (Lipinski definition) is 4. The highest BCUT2D eigenvalue weighted by Gasteiger charge is 2.23. The molecule has 0 amide bonds. The molecular formula is C55H33N3O. The molecule has 12 aromatic rings. The van der Waals surface area contributed by atoms with E-state index in [2.05, 4.69) is 133 Å². The van der Waals surface area contributed by atoms with Gasteiger partial charge in [0.05, 0.1) is 0 Å². The average molecular weight is 752 g/mol. The van der Waals surface area contributed by atoms with E-state index in [4.69, 9.17) is 19.4 Å². The second kappa shape index (κ2) is 13.3. The third-order valence-corrected chi connectivity index (χ3v) is 11.7. The van der Waals surface area contributed by atoms with Crippen LogP contribution in [0.2, 0.25) is 0 Å². The van der Waals surface area contributed by atoms with E-state index in [0.717, 1.165) is 60.9 Å². The summed E-state index contributed by atoms with van der Waals surface area (Å²) in [5, 5.41) is 11.6. The number of rotatable bonds is 5. The van der Waals surface area contributed by atoms with Gasteiger partial charge in [0.1, 0.15) is 11.2 Å². The molecule has 0 unspecified atom stereocenters. The third kappa shape index (κ3) is 5.42. The van der Waals surface area contributed by atoms with Crippen molar-refractivity contribution in [2.24, 2.45) is 0 Å². The smallest absolute Gasteiger partial charge is 0.164 e. The molecule has 4 heteroatoms. The van der Waals surface area contributed by atoms with Crippen molar-refractivity contribution in [3.8, 4) is 56.4 Å². The summed E-state index contributed by atoms with van der Waals surface area (Å²) in [5.74, 6) is 1.82. The number of benzene rings is 10. The fraction of sp³-hybridized carbons (Fsp3) is 0. The monoisotopic (exact) mass is 751 g/mol. The van der Waals surface area contributed by atoms with E-state index in [1.54, 1.807) is 0 Å². The third-order valence-electron chi connectivity index (χ3n) is 11.7. The van der Waals surface area contributed by atoms with Crippen LogP contribution in [0.25, 0.3) is 121 Å². The summed E-state index contributed by atoms with van der Waals surface area (Å²) in [7, 11) is 0. The maximum absolute atomic E-state index is 7.07. The first-order valence-corrected chi connectivity index (χ1v) is 19.9. The lowest BCUT2D eigenvalue weighted by atomic mass is 9.88. The first-order valence-electron chi connectivity index (χ1n) is 19.9. The first-order chi connectivity index (χ1) is 29.2. The molecule has 0 saturated carbocycles. The van der Waals surface area contributed by atoms with Crippen molar-refractivity contribution in [2.45, 2.75) is 0 Å². The van der Waals surface area contributed by atoms with Gasteiger partial charge in [-0.1, -0.05) is 170 Å². The van der Waals surface area contributed by atoms with E-state index in [1.807, 2.05) is 66.7 Å². The van der Waals surface area contributed by atoms with Crippen LogP contribution in [0.1, 0.15) is 0 Å². The SMILES string of the molecule is c1ccc(-c2nc(-c3ccccc3)nc(-c3cccc4oc5c(-c6cc7ccccc7c7ccccc67)cc(-c6cc7ccccc7c7ccccc67)cc5c34)n2)cc1. The van der Waals surface area contributed by atoms with Crippen LogP contribution < -0.4 is 0 Å². The fourth-order valence-electron chi connectivity index (χ4n) is 8.97. The van der Waals surface area contributed by atoms with Crippen LogP contribution in [0.3, 0.4) is 0 Å². The number of aromatic nitrogens is 3. The molecule has 274 valence electrons. The Bertz CT molecular complexity index is 3550. The van der Waals surface area contributed by atoms with E-state index in [1.165, 1.54) is 43.1 Å². The molecule has 12 rings (SSSR count). The molecule has 0 N–H and O–H groups in total. The Morgan fingerprint density at radius 1 is 0.288 bits per heavy atom. The molecule has 59 heavy (non-hydrogen) atoms. The maximum atomic E-state index is 7.07. The lowest BCUT2D eigenvalue weighted by Crippen LogP contribution is -2.00. The molecule has 2 aromatic heterocycles. The molecule has 0 bridgehead atoms. The van der Waals surface area contributed by atoms with E-state index >= 15 is 0 Å². The minimum atomic E-state index is 0.588. The zero-order valence-corrected chi connectivity index (χ0v) is 31.8. The summed E-state index contributed by atoms with van der Waals surface area (Å²) in [6.07, 6.45) is 0. The highest BCUT2D eigenvalue weighted by atomic mass is 16.3. The second-order valence-electron chi connectivity index (χ2n) is 15.1. The van der Waals surface area contributed by atoms with Gasteiger partial charge in [-0.2, -0.15) is 0 Å². The largest absolute Gasteiger partial charge is 0.455 e. The summed E-state index contributed by atoms with van der Waals surface area (Å²) in [5.41, 5.74) is 8.75. The lowest BCUT2D eigenvalue weighted by molar-refractivity contribution is 0.670. The van der Waals surface area contributed by atoms with Crippen LogP contribution in [0.15, 0.2) is 205 Å². The van der Waals surface area contributed by atoms with Crippen molar-refractivity contribution in [3.05, 3.63) is 200 Å². The molecule has 10 aromatic carbocycles. The zero-order chi connectivity index (χ0) is 38.9. The van der Waals surface area contributed by atoms with Gasteiger partial charge >= 0.3 is 0 Å². The van der Waals surface area contributed by atoms with E-state index in [9.17, 15) is 0 Å². The summed E-state index contributed by atoms with van der Waals surface area (Å²) in [6.45, 7) is 0. The lowest BCUT2D eigenvalue weighted by Gasteiger charge is -2.15. The van der Waals surface area contributed by atoms with Crippen LogP contribution in [0, 0.1) is 0 Å². The summed E-state index contributed by atoms with van der Waals surface area (Å²) < 4.78 is 7.07. The van der Waals surface area contributed by atoms with Crippen molar-refractivity contribution in [1.82, 2.24) is 15.0 Å². The number of furan rings is 1. The van der Waals surface area contributed by atoms with E-state index < -0.39 is 0 Å². The quantitative estimate of drug-likeness (QED) is 0.164. The van der Waals surface area contributed by atoms with Gasteiger partial charge in [0.15, 0.2) is 17.5 Å². The highest BCUT2D eigenvalue weighted by molar-refractivity contribution is 6.22. The molecule has 0 aliphatic heterocycles. The Balaban J connectivity index is 1.21. The second-order valence-corrected chi connectivity index (χ2v) is 15.1. The van der Waals surface area contributed by atoms with Crippen molar-refractivity contribution in [2.75, 3.05) is 0 Å². The molecule has 0 saturated heterocycles. The first kappa shape index (κ1) is 33.2. The molecular weight excluding hydrogens is 719 g/mol. The van der Waals surface area contributed by atoms with Gasteiger partial charge in [0.2, 0.25) is 0 Å². The van der Waals surface area contributed by atoms with Crippen molar-refractivity contribution < 1.29 is 4.42 Å². The minimum Gasteiger partial charge on any atom is -0.455 e. The minimum absolute atomic E-state index is 0.588. The molecule has 0 aliphatic carbocycles. The zero-order valence-electron chi connectivity index (χ0n) is 31.8. The van der Waals surface area contributed by atoms with E-state index in [0.29, 0.717) is 17.5 Å². The van der Waals surface area contributed by atoms with Crippen LogP contribution in [0.5, 0.6) is 0 Å². The molecule has 4 nitrogen and oxygen atoms in total. The average Bonchev–Trinajstić information content (AvgIpc) is 3.70. The number of fused-ring (bicyclic) bond motifs is 9. The molecule has 0 fully saturated rings. The molecule has 0 spiro atoms. The van der Waals surface area contributed by atoms with Crippen LogP contribution in [-0.4, -0.2) is 15.0 Å². The van der Waals surface area contributed by atoms with Crippen molar-refractivity contribution in [3.63, 3.8) is 0 Å². The van der Waals surface area contributed by atoms with Gasteiger partial charge in [-0.3, -0.25) is 0 Å². The van der Waals surface area contributed by atoms with Crippen molar-refractivity contribution in [1.29, 1.82) is 0 Å². The summed E-state index contributed by atoms with van der Waals surface area (Å²) in [6, 6.07) is 70.6. The number of hydrogen-bond donors (Lipinski definition) is 0. The normalized spacial score (nSPS) is 11.7. The molecule has 0 radical (unpaired) electrons. The van der Waals surface area contributed by atoms with Gasteiger partial charge in [0.25, 0.3) is 0 Å². The molecule has 0 atom stereocenters. The Kier molecular flexibility index (Phi) is 7.50. The summed E-state index contributed by atoms with van der Waals surface area (Å²) >= 11 is 0. The van der Waals surface area contributed by atoms with Crippen LogP contribution in [0.4, 0.5) is 0 Å². The highest BCUT2D eigenvalue weighted by Crippen LogP contribution is 2.47. The topological polar surface area (TPSA) is 51.8 Å². The van der Waals surface area contributed by atoms with Crippen molar-refractivity contribution >= 4 is 65.0 Å². The predicted molar refractivity (Wildman–Crippen MR) is 244 cm³/mol. The fourth-order valence-corrected chi connectivity index (χ4v) is 8.97. The molecule has 2 heterocycles. The Morgan fingerprint density at radius 3 is 1.39 bits per heavy atom. The summed E-state index contributed by atoms with van der Waals surface area (Å²) in [4.78, 5) is 15.4. The van der Waals surface area contributed by atoms with E-state index in [-0.39, 0.29) is 0 Å². The maximum Gasteiger partial charge on any atom is 0.164 e. The molecule has 0 aliphatic rings. The number of nitrogens with zero attached hydrogens (tertiary/aromatic N) is 3. The van der Waals surface area contributed by atoms with Gasteiger partial charge in [0, 0.05) is 33.0 Å². The standard InChI is InChI=1S/C55H33N3O/c1-3-16-34(17-4-1)53-56-54(35-18-5-2-6-19-35)58-55(57-53)45-28-15-29-50-51(45)49-33-38(46-30-36-20-7-9-22-39(36)41-24-11-13-26-43(41)46)32-48(52(49)59-50)47-31-37-21-8-10-23-40(37)42-25-12-14-27-44(42)47/h1-33H. The Hall–Kier alpha value is -7.95. The van der Waals surface area contributed by atoms with Gasteiger partial charge in [-0.15, -0.1) is 0 Å². The Labute approximate surface area is 339 Å². The Morgan fingerprint density at radius 2 is 0.780 bits per heavy atom. The van der Waals surface area contributed by atoms with Crippen LogP contribution in [-0.2, 0) is 0 Å². The van der Waals surface area contributed by atoms with Gasteiger partial charge < -0.3 is 4.42 Å². The predicted octanol–water partition coefficient (Wildman–Crippen LogP) is 14.7.